The van der Waals surface area contributed by atoms with E-state index in [1.807, 2.05) is 0 Å². The van der Waals surface area contributed by atoms with E-state index in [4.69, 9.17) is 4.74 Å². The van der Waals surface area contributed by atoms with Crippen molar-refractivity contribution in [1.29, 1.82) is 0 Å². The first-order chi connectivity index (χ1) is 9.34. The molecule has 0 radical (unpaired) electrons. The molecule has 0 atom stereocenters. The van der Waals surface area contributed by atoms with Crippen LogP contribution in [0.2, 0.25) is 0 Å². The number of ether oxygens (including phenoxy) is 1. The highest BCUT2D eigenvalue weighted by Crippen LogP contribution is 2.53. The molecule has 5 heteroatoms. The average molecular weight is 284 g/mol. The molecule has 106 valence electrons. The first-order valence-electron chi connectivity index (χ1n) is 6.14. The molecule has 1 aromatic rings. The Labute approximate surface area is 113 Å². The fraction of sp³-hybridized carbons (Fsp3) is 0.333. The first kappa shape index (κ1) is 13.4. The minimum Gasteiger partial charge on any atom is -0.365 e. The van der Waals surface area contributed by atoms with Crippen molar-refractivity contribution in [1.82, 2.24) is 0 Å². The van der Waals surface area contributed by atoms with Gasteiger partial charge in [0.25, 0.3) is 0 Å². The maximum Gasteiger partial charge on any atom is 0.197 e. The number of allylic oxidation sites excluding steroid dienone is 2. The zero-order valence-electron chi connectivity index (χ0n) is 11.2. The summed E-state index contributed by atoms with van der Waals surface area (Å²) in [5.41, 5.74) is -0.356. The molecule has 20 heavy (non-hydrogen) atoms. The van der Waals surface area contributed by atoms with Gasteiger partial charge in [-0.1, -0.05) is 11.1 Å². The van der Waals surface area contributed by atoms with Crippen LogP contribution < -0.4 is 0 Å². The normalized spacial score (nSPS) is 27.2. The minimum atomic E-state index is -1.80. The molecule has 4 rings (SSSR count). The Bertz CT molecular complexity index is 668. The third-order valence-corrected chi connectivity index (χ3v) is 4.12. The summed E-state index contributed by atoms with van der Waals surface area (Å²) < 4.78 is 60.6. The van der Waals surface area contributed by atoms with Crippen molar-refractivity contribution in [2.75, 3.05) is 7.11 Å². The van der Waals surface area contributed by atoms with Crippen molar-refractivity contribution in [2.24, 2.45) is 0 Å². The number of hydrogen-bond acceptors (Lipinski definition) is 1. The van der Waals surface area contributed by atoms with Crippen molar-refractivity contribution in [3.05, 3.63) is 57.7 Å². The van der Waals surface area contributed by atoms with Crippen LogP contribution in [-0.2, 0) is 10.3 Å². The summed E-state index contributed by atoms with van der Waals surface area (Å²) >= 11 is 0. The van der Waals surface area contributed by atoms with Gasteiger partial charge in [0.1, 0.15) is 5.60 Å². The number of benzene rings is 1. The van der Waals surface area contributed by atoms with Crippen molar-refractivity contribution in [3.8, 4) is 0 Å². The van der Waals surface area contributed by atoms with Gasteiger partial charge in [0.05, 0.1) is 0 Å². The molecule has 0 N–H and O–H groups in total. The molecule has 0 saturated carbocycles. The Morgan fingerprint density at radius 1 is 0.900 bits per heavy atom. The SMILES string of the molecule is COC12C=C(C)C(C(C)=C1)c1c(F)c(F)c(F)c(F)c12. The van der Waals surface area contributed by atoms with Crippen LogP contribution in [0.5, 0.6) is 0 Å². The summed E-state index contributed by atoms with van der Waals surface area (Å²) in [6.45, 7) is 3.47. The van der Waals surface area contributed by atoms with E-state index in [1.54, 1.807) is 26.0 Å². The molecule has 0 spiro atoms. The lowest BCUT2D eigenvalue weighted by molar-refractivity contribution is 0.0590. The van der Waals surface area contributed by atoms with Crippen molar-refractivity contribution in [2.45, 2.75) is 25.4 Å². The largest absolute Gasteiger partial charge is 0.365 e. The highest BCUT2D eigenvalue weighted by atomic mass is 19.2. The van der Waals surface area contributed by atoms with Gasteiger partial charge < -0.3 is 4.74 Å². The minimum absolute atomic E-state index is 0.164. The van der Waals surface area contributed by atoms with E-state index in [0.29, 0.717) is 0 Å². The van der Waals surface area contributed by atoms with Crippen LogP contribution in [-0.4, -0.2) is 7.11 Å². The highest BCUT2D eigenvalue weighted by molar-refractivity contribution is 5.59. The standard InChI is InChI=1S/C15H12F4O/c1-6-4-15(20-3)5-7(2)8(6)9-10(15)12(17)14(19)13(18)11(9)16/h4-5,8H,1-3H3. The predicted octanol–water partition coefficient (Wildman–Crippen LogP) is 4.09. The highest BCUT2D eigenvalue weighted by Gasteiger charge is 2.48. The molecule has 0 amide bonds. The lowest BCUT2D eigenvalue weighted by Gasteiger charge is -2.43. The van der Waals surface area contributed by atoms with E-state index < -0.39 is 34.8 Å². The molecule has 0 aliphatic heterocycles. The van der Waals surface area contributed by atoms with Crippen LogP contribution in [0.4, 0.5) is 17.6 Å². The molecule has 3 aliphatic rings. The molecule has 0 aromatic heterocycles. The summed E-state index contributed by atoms with van der Waals surface area (Å²) in [6, 6.07) is 0. The van der Waals surface area contributed by atoms with Crippen LogP contribution in [0.3, 0.4) is 0 Å². The molecule has 0 unspecified atom stereocenters. The summed E-state index contributed by atoms with van der Waals surface area (Å²) in [4.78, 5) is 0. The van der Waals surface area contributed by atoms with E-state index in [0.717, 1.165) is 11.1 Å². The molecule has 0 saturated heterocycles. The fourth-order valence-corrected chi connectivity index (χ4v) is 3.37. The fourth-order valence-electron chi connectivity index (χ4n) is 3.37. The Balaban J connectivity index is 2.47. The summed E-state index contributed by atoms with van der Waals surface area (Å²) in [6.07, 6.45) is 3.24. The third-order valence-electron chi connectivity index (χ3n) is 4.12. The zero-order chi connectivity index (χ0) is 14.8. The van der Waals surface area contributed by atoms with Crippen LogP contribution in [0.1, 0.15) is 30.9 Å². The summed E-state index contributed by atoms with van der Waals surface area (Å²) in [7, 11) is 1.32. The van der Waals surface area contributed by atoms with Crippen LogP contribution >= 0.6 is 0 Å². The Hall–Kier alpha value is -1.62. The van der Waals surface area contributed by atoms with Crippen molar-refractivity contribution in [3.63, 3.8) is 0 Å². The van der Waals surface area contributed by atoms with Gasteiger partial charge in [-0.25, -0.2) is 17.6 Å². The van der Waals surface area contributed by atoms with Gasteiger partial charge in [-0.3, -0.25) is 0 Å². The van der Waals surface area contributed by atoms with Gasteiger partial charge in [-0.2, -0.15) is 0 Å². The van der Waals surface area contributed by atoms with E-state index in [2.05, 4.69) is 0 Å². The molecular formula is C15H12F4O. The summed E-state index contributed by atoms with van der Waals surface area (Å²) in [5.74, 6) is -6.89. The van der Waals surface area contributed by atoms with E-state index in [1.165, 1.54) is 7.11 Å². The van der Waals surface area contributed by atoms with Gasteiger partial charge >= 0.3 is 0 Å². The van der Waals surface area contributed by atoms with Crippen LogP contribution in [0.15, 0.2) is 23.3 Å². The number of methoxy groups -OCH3 is 1. The summed E-state index contributed by atoms with van der Waals surface area (Å²) in [5, 5.41) is 0. The number of halogens is 4. The van der Waals surface area contributed by atoms with Crippen molar-refractivity contribution < 1.29 is 22.3 Å². The molecule has 0 fully saturated rings. The van der Waals surface area contributed by atoms with Gasteiger partial charge in [0, 0.05) is 24.2 Å². The second-order valence-electron chi connectivity index (χ2n) is 5.25. The lowest BCUT2D eigenvalue weighted by atomic mass is 9.66. The van der Waals surface area contributed by atoms with Gasteiger partial charge in [0.2, 0.25) is 0 Å². The lowest BCUT2D eigenvalue weighted by Crippen LogP contribution is -2.38. The molecular weight excluding hydrogens is 272 g/mol. The van der Waals surface area contributed by atoms with E-state index in [9.17, 15) is 17.6 Å². The third kappa shape index (κ3) is 1.36. The van der Waals surface area contributed by atoms with E-state index in [-0.39, 0.29) is 11.1 Å². The second-order valence-corrected chi connectivity index (χ2v) is 5.25. The smallest absolute Gasteiger partial charge is 0.197 e. The maximum absolute atomic E-state index is 14.1. The van der Waals surface area contributed by atoms with Crippen LogP contribution in [0, 0.1) is 23.3 Å². The Morgan fingerprint density at radius 2 is 1.40 bits per heavy atom. The van der Waals surface area contributed by atoms with Gasteiger partial charge in [-0.05, 0) is 26.0 Å². The van der Waals surface area contributed by atoms with Gasteiger partial charge in [-0.15, -0.1) is 0 Å². The molecule has 1 nitrogen and oxygen atoms in total. The number of rotatable bonds is 1. The topological polar surface area (TPSA) is 9.23 Å². The monoisotopic (exact) mass is 284 g/mol. The van der Waals surface area contributed by atoms with E-state index >= 15 is 0 Å². The average Bonchev–Trinajstić information content (AvgIpc) is 2.41. The predicted molar refractivity (Wildman–Crippen MR) is 65.2 cm³/mol. The molecule has 2 bridgehead atoms. The maximum atomic E-state index is 14.1. The number of hydrogen-bond donors (Lipinski definition) is 0. The molecule has 1 aromatic carbocycles. The quantitative estimate of drug-likeness (QED) is 0.327. The Kier molecular flexibility index (Phi) is 2.64. The Morgan fingerprint density at radius 3 is 1.90 bits per heavy atom. The molecule has 3 aliphatic carbocycles. The van der Waals surface area contributed by atoms with Crippen molar-refractivity contribution >= 4 is 0 Å². The first-order valence-corrected chi connectivity index (χ1v) is 6.14. The van der Waals surface area contributed by atoms with Crippen LogP contribution in [0.25, 0.3) is 0 Å². The molecule has 0 heterocycles. The van der Waals surface area contributed by atoms with Gasteiger partial charge in [0.15, 0.2) is 23.3 Å². The zero-order valence-corrected chi connectivity index (χ0v) is 11.2. The second kappa shape index (κ2) is 3.95.